The van der Waals surface area contributed by atoms with Crippen molar-refractivity contribution < 1.29 is 9.18 Å². The van der Waals surface area contributed by atoms with Crippen molar-refractivity contribution in [2.45, 2.75) is 12.8 Å². The number of anilines is 1. The number of carbonyl (C=O) groups is 1. The molecule has 0 saturated heterocycles. The van der Waals surface area contributed by atoms with Crippen LogP contribution >= 0.6 is 0 Å². The average Bonchev–Trinajstić information content (AvgIpc) is 2.58. The summed E-state index contributed by atoms with van der Waals surface area (Å²) >= 11 is 0. The molecule has 0 bridgehead atoms. The number of hydrogen-bond acceptors (Lipinski definition) is 3. The first-order valence-electron chi connectivity index (χ1n) is 7.44. The molecule has 0 aliphatic carbocycles. The zero-order valence-corrected chi connectivity index (χ0v) is 12.7. The minimum absolute atomic E-state index is 0.0112. The molecule has 2 rings (SSSR count). The molecule has 2 aromatic rings. The molecular formula is C18H18FN3O. The van der Waals surface area contributed by atoms with E-state index in [0.29, 0.717) is 31.6 Å². The van der Waals surface area contributed by atoms with Gasteiger partial charge in [0.2, 0.25) is 5.91 Å². The number of nitrogens with one attached hydrogen (secondary N) is 2. The van der Waals surface area contributed by atoms with Crippen LogP contribution in [0.5, 0.6) is 0 Å². The molecule has 5 heteroatoms. The van der Waals surface area contributed by atoms with Gasteiger partial charge in [0.15, 0.2) is 0 Å². The quantitative estimate of drug-likeness (QED) is 0.773. The van der Waals surface area contributed by atoms with Crippen LogP contribution in [0.15, 0.2) is 48.5 Å². The lowest BCUT2D eigenvalue weighted by molar-refractivity contribution is -0.120. The molecule has 2 aromatic carbocycles. The molecule has 0 atom stereocenters. The zero-order chi connectivity index (χ0) is 16.5. The summed E-state index contributed by atoms with van der Waals surface area (Å²) in [5, 5.41) is 14.7. The summed E-state index contributed by atoms with van der Waals surface area (Å²) < 4.78 is 13.4. The largest absolute Gasteiger partial charge is 0.382 e. The number of amides is 1. The van der Waals surface area contributed by atoms with Gasteiger partial charge in [-0.3, -0.25) is 4.79 Å². The second-order valence-corrected chi connectivity index (χ2v) is 5.04. The van der Waals surface area contributed by atoms with E-state index in [1.165, 1.54) is 12.1 Å². The van der Waals surface area contributed by atoms with Crippen LogP contribution in [0.2, 0.25) is 0 Å². The van der Waals surface area contributed by atoms with Gasteiger partial charge >= 0.3 is 0 Å². The maximum atomic E-state index is 13.4. The predicted molar refractivity (Wildman–Crippen MR) is 87.4 cm³/mol. The molecule has 118 valence electrons. The van der Waals surface area contributed by atoms with E-state index in [0.717, 1.165) is 5.56 Å². The van der Waals surface area contributed by atoms with E-state index in [4.69, 9.17) is 5.26 Å². The lowest BCUT2D eigenvalue weighted by Gasteiger charge is -2.09. The van der Waals surface area contributed by atoms with Crippen LogP contribution in [0.4, 0.5) is 10.1 Å². The second-order valence-electron chi connectivity index (χ2n) is 5.04. The average molecular weight is 311 g/mol. The van der Waals surface area contributed by atoms with Crippen LogP contribution in [0.25, 0.3) is 0 Å². The Bertz CT molecular complexity index is 695. The highest BCUT2D eigenvalue weighted by molar-refractivity contribution is 5.76. The molecule has 2 N–H and O–H groups in total. The third-order valence-corrected chi connectivity index (χ3v) is 3.37. The topological polar surface area (TPSA) is 64.9 Å². The van der Waals surface area contributed by atoms with Crippen molar-refractivity contribution in [3.63, 3.8) is 0 Å². The molecule has 0 aliphatic heterocycles. The van der Waals surface area contributed by atoms with Gasteiger partial charge in [-0.05, 0) is 24.1 Å². The SMILES string of the molecule is N#Cc1c(F)cccc1NCCNC(=O)CCc1ccccc1. The van der Waals surface area contributed by atoms with E-state index in [-0.39, 0.29) is 11.5 Å². The number of nitriles is 1. The van der Waals surface area contributed by atoms with E-state index in [9.17, 15) is 9.18 Å². The van der Waals surface area contributed by atoms with Gasteiger partial charge in [-0.1, -0.05) is 36.4 Å². The highest BCUT2D eigenvalue weighted by Gasteiger charge is 2.07. The summed E-state index contributed by atoms with van der Waals surface area (Å²) in [6, 6.07) is 16.1. The first kappa shape index (κ1) is 16.5. The molecule has 23 heavy (non-hydrogen) atoms. The van der Waals surface area contributed by atoms with E-state index >= 15 is 0 Å². The van der Waals surface area contributed by atoms with E-state index in [1.807, 2.05) is 36.4 Å². The minimum Gasteiger partial charge on any atom is -0.382 e. The summed E-state index contributed by atoms with van der Waals surface area (Å²) in [6.07, 6.45) is 1.12. The van der Waals surface area contributed by atoms with Gasteiger partial charge in [-0.25, -0.2) is 4.39 Å². The molecular weight excluding hydrogens is 293 g/mol. The second kappa shape index (κ2) is 8.54. The Balaban J connectivity index is 1.70. The lowest BCUT2D eigenvalue weighted by Crippen LogP contribution is -2.29. The number of aryl methyl sites for hydroxylation is 1. The molecule has 0 heterocycles. The van der Waals surface area contributed by atoms with Gasteiger partial charge in [0.1, 0.15) is 17.4 Å². The fourth-order valence-corrected chi connectivity index (χ4v) is 2.18. The molecule has 0 spiro atoms. The molecule has 0 radical (unpaired) electrons. The maximum Gasteiger partial charge on any atom is 0.220 e. The normalized spacial score (nSPS) is 9.91. The Morgan fingerprint density at radius 2 is 1.87 bits per heavy atom. The van der Waals surface area contributed by atoms with Gasteiger partial charge in [0.25, 0.3) is 0 Å². The van der Waals surface area contributed by atoms with Gasteiger partial charge in [0, 0.05) is 19.5 Å². The maximum absolute atomic E-state index is 13.4. The molecule has 1 amide bonds. The highest BCUT2D eigenvalue weighted by Crippen LogP contribution is 2.17. The van der Waals surface area contributed by atoms with Crippen LogP contribution < -0.4 is 10.6 Å². The summed E-state index contributed by atoms with van der Waals surface area (Å²) in [6.45, 7) is 0.838. The van der Waals surface area contributed by atoms with Crippen molar-refractivity contribution in [1.82, 2.24) is 5.32 Å². The van der Waals surface area contributed by atoms with Gasteiger partial charge in [-0.2, -0.15) is 5.26 Å². The molecule has 0 saturated carbocycles. The Labute approximate surface area is 134 Å². The lowest BCUT2D eigenvalue weighted by atomic mass is 10.1. The van der Waals surface area contributed by atoms with Crippen LogP contribution in [0, 0.1) is 17.1 Å². The fourth-order valence-electron chi connectivity index (χ4n) is 2.18. The van der Waals surface area contributed by atoms with Gasteiger partial charge < -0.3 is 10.6 Å². The molecule has 0 unspecified atom stereocenters. The highest BCUT2D eigenvalue weighted by atomic mass is 19.1. The first-order chi connectivity index (χ1) is 11.2. The van der Waals surface area contributed by atoms with E-state index < -0.39 is 5.82 Å². The number of carbonyl (C=O) groups excluding carboxylic acids is 1. The van der Waals surface area contributed by atoms with E-state index in [2.05, 4.69) is 10.6 Å². The summed E-state index contributed by atoms with van der Waals surface area (Å²) in [5.41, 5.74) is 1.55. The third-order valence-electron chi connectivity index (χ3n) is 3.37. The molecule has 4 nitrogen and oxygen atoms in total. The monoisotopic (exact) mass is 311 g/mol. The van der Waals surface area contributed by atoms with Crippen molar-refractivity contribution in [1.29, 1.82) is 5.26 Å². The Kier molecular flexibility index (Phi) is 6.13. The summed E-state index contributed by atoms with van der Waals surface area (Å²) in [5.74, 6) is -0.584. The van der Waals surface area contributed by atoms with Crippen LogP contribution in [-0.4, -0.2) is 19.0 Å². The smallest absolute Gasteiger partial charge is 0.220 e. The number of halogens is 1. The standard InChI is InChI=1S/C18H18FN3O/c19-16-7-4-8-17(15(16)13-20)21-11-12-22-18(23)10-9-14-5-2-1-3-6-14/h1-8,21H,9-12H2,(H,22,23). The molecule has 0 aliphatic rings. The number of nitrogens with zero attached hydrogens (tertiary/aromatic N) is 1. The summed E-state index contributed by atoms with van der Waals surface area (Å²) in [7, 11) is 0. The predicted octanol–water partition coefficient (Wildman–Crippen LogP) is 2.86. The zero-order valence-electron chi connectivity index (χ0n) is 12.7. The van der Waals surface area contributed by atoms with Crippen molar-refractivity contribution in [2.24, 2.45) is 0 Å². The van der Waals surface area contributed by atoms with Crippen molar-refractivity contribution in [3.8, 4) is 6.07 Å². The van der Waals surface area contributed by atoms with Crippen molar-refractivity contribution in [3.05, 3.63) is 65.5 Å². The van der Waals surface area contributed by atoms with Crippen molar-refractivity contribution in [2.75, 3.05) is 18.4 Å². The van der Waals surface area contributed by atoms with E-state index in [1.54, 1.807) is 6.07 Å². The van der Waals surface area contributed by atoms with Crippen LogP contribution in [0.1, 0.15) is 17.5 Å². The third kappa shape index (κ3) is 5.11. The first-order valence-corrected chi connectivity index (χ1v) is 7.44. The Hall–Kier alpha value is -2.87. The minimum atomic E-state index is -0.551. The molecule has 0 fully saturated rings. The van der Waals surface area contributed by atoms with Crippen LogP contribution in [0.3, 0.4) is 0 Å². The van der Waals surface area contributed by atoms with Crippen LogP contribution in [-0.2, 0) is 11.2 Å². The van der Waals surface area contributed by atoms with Crippen molar-refractivity contribution >= 4 is 11.6 Å². The fraction of sp³-hybridized carbons (Fsp3) is 0.222. The number of hydrogen-bond donors (Lipinski definition) is 2. The Morgan fingerprint density at radius 3 is 2.61 bits per heavy atom. The Morgan fingerprint density at radius 1 is 1.09 bits per heavy atom. The molecule has 0 aromatic heterocycles. The number of benzene rings is 2. The summed E-state index contributed by atoms with van der Waals surface area (Å²) in [4.78, 5) is 11.8. The number of rotatable bonds is 7. The van der Waals surface area contributed by atoms with Gasteiger partial charge in [-0.15, -0.1) is 0 Å². The van der Waals surface area contributed by atoms with Gasteiger partial charge in [0.05, 0.1) is 5.69 Å².